The quantitative estimate of drug-likeness (QED) is 0.425. The summed E-state index contributed by atoms with van der Waals surface area (Å²) in [6.45, 7) is 6.69. The highest BCUT2D eigenvalue weighted by Gasteiger charge is 2.28. The Balaban J connectivity index is 1.68. The molecule has 1 saturated heterocycles. The zero-order valence-electron chi connectivity index (χ0n) is 18.4. The van der Waals surface area contributed by atoms with E-state index >= 15 is 0 Å². The molecule has 1 aromatic heterocycles. The standard InChI is InChI=1S/C23H30N6O3/c1-3-17(2)26-22(31)20(10-9-18-7-5-4-6-8-18)28-11-13-29(14-12-28)23-24-15-19(16-25-23)21(30)27-32/h4-10,15-17,20,32H,3,11-14H2,1-2H3,(H,26,31)(H,27,30)/b10-9+. The highest BCUT2D eigenvalue weighted by atomic mass is 16.5. The molecule has 2 unspecified atom stereocenters. The van der Waals surface area contributed by atoms with Gasteiger partial charge in [-0.1, -0.05) is 49.4 Å². The fraction of sp³-hybridized carbons (Fsp3) is 0.391. The number of nitrogens with one attached hydrogen (secondary N) is 2. The van der Waals surface area contributed by atoms with Crippen molar-refractivity contribution in [1.82, 2.24) is 25.7 Å². The Morgan fingerprint density at radius 2 is 1.78 bits per heavy atom. The highest BCUT2D eigenvalue weighted by Crippen LogP contribution is 2.15. The lowest BCUT2D eigenvalue weighted by molar-refractivity contribution is -0.125. The van der Waals surface area contributed by atoms with E-state index in [1.54, 1.807) is 5.48 Å². The summed E-state index contributed by atoms with van der Waals surface area (Å²) in [7, 11) is 0. The van der Waals surface area contributed by atoms with E-state index in [0.717, 1.165) is 12.0 Å². The number of carbonyl (C=O) groups excluding carboxylic acids is 2. The van der Waals surface area contributed by atoms with Gasteiger partial charge in [0.25, 0.3) is 5.91 Å². The number of piperazine rings is 1. The number of amides is 2. The lowest BCUT2D eigenvalue weighted by Crippen LogP contribution is -2.55. The first-order valence-corrected chi connectivity index (χ1v) is 10.8. The van der Waals surface area contributed by atoms with E-state index < -0.39 is 5.91 Å². The van der Waals surface area contributed by atoms with E-state index in [4.69, 9.17) is 5.21 Å². The third-order valence-electron chi connectivity index (χ3n) is 5.53. The van der Waals surface area contributed by atoms with Crippen LogP contribution in [0.4, 0.5) is 5.95 Å². The van der Waals surface area contributed by atoms with Crippen molar-refractivity contribution in [1.29, 1.82) is 0 Å². The molecule has 1 aliphatic heterocycles. The molecule has 0 saturated carbocycles. The maximum Gasteiger partial charge on any atom is 0.277 e. The van der Waals surface area contributed by atoms with Crippen molar-refractivity contribution in [3.05, 3.63) is 59.9 Å². The summed E-state index contributed by atoms with van der Waals surface area (Å²) in [5, 5.41) is 11.8. The molecule has 32 heavy (non-hydrogen) atoms. The molecule has 3 N–H and O–H groups in total. The number of rotatable bonds is 8. The molecular formula is C23H30N6O3. The van der Waals surface area contributed by atoms with Crippen molar-refractivity contribution in [2.45, 2.75) is 32.4 Å². The second-order valence-corrected chi connectivity index (χ2v) is 7.77. The average molecular weight is 439 g/mol. The number of anilines is 1. The van der Waals surface area contributed by atoms with Gasteiger partial charge in [0.2, 0.25) is 11.9 Å². The molecule has 2 atom stereocenters. The molecule has 170 valence electrons. The smallest absolute Gasteiger partial charge is 0.277 e. The summed E-state index contributed by atoms with van der Waals surface area (Å²) < 4.78 is 0. The molecule has 2 aromatic rings. The van der Waals surface area contributed by atoms with E-state index in [1.165, 1.54) is 12.4 Å². The zero-order valence-corrected chi connectivity index (χ0v) is 18.4. The van der Waals surface area contributed by atoms with Gasteiger partial charge in [-0.25, -0.2) is 15.4 Å². The van der Waals surface area contributed by atoms with Crippen LogP contribution in [0.15, 0.2) is 48.8 Å². The van der Waals surface area contributed by atoms with E-state index in [9.17, 15) is 9.59 Å². The Bertz CT molecular complexity index is 911. The van der Waals surface area contributed by atoms with Gasteiger partial charge in [-0.2, -0.15) is 0 Å². The molecule has 1 aliphatic rings. The molecule has 3 rings (SSSR count). The summed E-state index contributed by atoms with van der Waals surface area (Å²) in [4.78, 5) is 37.1. The summed E-state index contributed by atoms with van der Waals surface area (Å²) in [6, 6.07) is 9.67. The fourth-order valence-corrected chi connectivity index (χ4v) is 3.44. The minimum absolute atomic E-state index is 0.00407. The van der Waals surface area contributed by atoms with Gasteiger partial charge < -0.3 is 10.2 Å². The first kappa shape index (κ1) is 23.4. The van der Waals surface area contributed by atoms with Crippen molar-refractivity contribution < 1.29 is 14.8 Å². The van der Waals surface area contributed by atoms with Crippen molar-refractivity contribution in [3.63, 3.8) is 0 Å². The first-order valence-electron chi connectivity index (χ1n) is 10.8. The maximum absolute atomic E-state index is 13.0. The van der Waals surface area contributed by atoms with Crippen LogP contribution in [0.5, 0.6) is 0 Å². The van der Waals surface area contributed by atoms with Gasteiger partial charge in [-0.3, -0.25) is 19.7 Å². The number of hydrogen-bond donors (Lipinski definition) is 3. The summed E-state index contributed by atoms with van der Waals surface area (Å²) in [6.07, 6.45) is 7.58. The number of hydroxylamine groups is 1. The summed E-state index contributed by atoms with van der Waals surface area (Å²) >= 11 is 0. The topological polar surface area (TPSA) is 111 Å². The average Bonchev–Trinajstić information content (AvgIpc) is 2.84. The lowest BCUT2D eigenvalue weighted by atomic mass is 10.1. The molecule has 0 bridgehead atoms. The highest BCUT2D eigenvalue weighted by molar-refractivity contribution is 5.92. The van der Waals surface area contributed by atoms with E-state index in [0.29, 0.717) is 32.1 Å². The van der Waals surface area contributed by atoms with Crippen LogP contribution >= 0.6 is 0 Å². The molecule has 0 aliphatic carbocycles. The molecule has 0 radical (unpaired) electrons. The van der Waals surface area contributed by atoms with Crippen LogP contribution in [0.1, 0.15) is 36.2 Å². The third-order valence-corrected chi connectivity index (χ3v) is 5.53. The van der Waals surface area contributed by atoms with Crippen LogP contribution in [0.3, 0.4) is 0 Å². The van der Waals surface area contributed by atoms with E-state index in [2.05, 4.69) is 20.2 Å². The Hall–Kier alpha value is -3.30. The number of carbonyl (C=O) groups is 2. The first-order chi connectivity index (χ1) is 15.5. The molecule has 0 spiro atoms. The number of hydrogen-bond acceptors (Lipinski definition) is 7. The zero-order chi connectivity index (χ0) is 22.9. The van der Waals surface area contributed by atoms with Gasteiger partial charge in [-0.15, -0.1) is 0 Å². The van der Waals surface area contributed by atoms with Gasteiger partial charge in [0, 0.05) is 44.6 Å². The monoisotopic (exact) mass is 438 g/mol. The van der Waals surface area contributed by atoms with Gasteiger partial charge in [0.1, 0.15) is 6.04 Å². The summed E-state index contributed by atoms with van der Waals surface area (Å²) in [5.74, 6) is -0.142. The van der Waals surface area contributed by atoms with Crippen molar-refractivity contribution in [2.24, 2.45) is 0 Å². The molecule has 2 heterocycles. The Morgan fingerprint density at radius 3 is 2.38 bits per heavy atom. The van der Waals surface area contributed by atoms with E-state index in [1.807, 2.05) is 61.2 Å². The molecule has 9 heteroatoms. The van der Waals surface area contributed by atoms with Crippen LogP contribution < -0.4 is 15.7 Å². The SMILES string of the molecule is CCC(C)NC(=O)C(/C=C/c1ccccc1)N1CCN(c2ncc(C(=O)NO)cn2)CC1. The molecule has 1 fully saturated rings. The summed E-state index contributed by atoms with van der Waals surface area (Å²) in [5.41, 5.74) is 2.80. The van der Waals surface area contributed by atoms with Crippen molar-refractivity contribution in [3.8, 4) is 0 Å². The third kappa shape index (κ3) is 6.12. The van der Waals surface area contributed by atoms with Crippen LogP contribution in [-0.2, 0) is 4.79 Å². The minimum Gasteiger partial charge on any atom is -0.352 e. The predicted octanol–water partition coefficient (Wildman–Crippen LogP) is 1.71. The van der Waals surface area contributed by atoms with Crippen LogP contribution in [0, 0.1) is 0 Å². The Morgan fingerprint density at radius 1 is 1.12 bits per heavy atom. The molecule has 9 nitrogen and oxygen atoms in total. The molecular weight excluding hydrogens is 408 g/mol. The van der Waals surface area contributed by atoms with Crippen LogP contribution in [0.25, 0.3) is 6.08 Å². The van der Waals surface area contributed by atoms with Crippen molar-refractivity contribution in [2.75, 3.05) is 31.1 Å². The second-order valence-electron chi connectivity index (χ2n) is 7.77. The number of benzene rings is 1. The number of nitrogens with zero attached hydrogens (tertiary/aromatic N) is 4. The van der Waals surface area contributed by atoms with Crippen LogP contribution in [-0.4, -0.2) is 70.2 Å². The van der Waals surface area contributed by atoms with Gasteiger partial charge in [0.15, 0.2) is 0 Å². The maximum atomic E-state index is 13.0. The van der Waals surface area contributed by atoms with Gasteiger partial charge in [-0.05, 0) is 18.9 Å². The van der Waals surface area contributed by atoms with Gasteiger partial charge in [0.05, 0.1) is 5.56 Å². The fourth-order valence-electron chi connectivity index (χ4n) is 3.44. The lowest BCUT2D eigenvalue weighted by Gasteiger charge is -2.38. The minimum atomic E-state index is -0.651. The molecule has 1 aromatic carbocycles. The largest absolute Gasteiger partial charge is 0.352 e. The Labute approximate surface area is 188 Å². The number of aromatic nitrogens is 2. The van der Waals surface area contributed by atoms with Crippen LogP contribution in [0.2, 0.25) is 0 Å². The second kappa shape index (κ2) is 11.4. The Kier molecular flexibility index (Phi) is 8.29. The van der Waals surface area contributed by atoms with Gasteiger partial charge >= 0.3 is 0 Å². The predicted molar refractivity (Wildman–Crippen MR) is 122 cm³/mol. The molecule has 2 amide bonds. The van der Waals surface area contributed by atoms with E-state index in [-0.39, 0.29) is 23.6 Å². The normalized spacial score (nSPS) is 16.5. The van der Waals surface area contributed by atoms with Crippen molar-refractivity contribution >= 4 is 23.8 Å².